The normalized spacial score (nSPS) is 20.8. The van der Waals surface area contributed by atoms with Crippen molar-refractivity contribution < 1.29 is 4.74 Å². The zero-order valence-electron chi connectivity index (χ0n) is 12.9. The standard InChI is InChI=1S/C14H24N6O/c1-14(4-3-5-14)10-16-12-17-11(15-2)18-13(19-12)20-6-8-21-9-7-20/h3-10H2,1-2H3,(H2,15,16,17,18,19). The van der Waals surface area contributed by atoms with E-state index in [1.807, 2.05) is 7.05 Å². The van der Waals surface area contributed by atoms with Crippen molar-refractivity contribution in [2.45, 2.75) is 26.2 Å². The third kappa shape index (κ3) is 3.34. The Bertz CT molecular complexity index is 484. The van der Waals surface area contributed by atoms with Crippen LogP contribution in [0.5, 0.6) is 0 Å². The Morgan fingerprint density at radius 1 is 1.14 bits per heavy atom. The van der Waals surface area contributed by atoms with Gasteiger partial charge in [0.1, 0.15) is 0 Å². The summed E-state index contributed by atoms with van der Waals surface area (Å²) < 4.78 is 5.38. The van der Waals surface area contributed by atoms with Crippen molar-refractivity contribution in [1.82, 2.24) is 15.0 Å². The molecule has 1 aromatic heterocycles. The van der Waals surface area contributed by atoms with E-state index in [0.29, 0.717) is 17.3 Å². The molecular weight excluding hydrogens is 268 g/mol. The van der Waals surface area contributed by atoms with Gasteiger partial charge in [0.2, 0.25) is 17.8 Å². The quantitative estimate of drug-likeness (QED) is 0.848. The lowest BCUT2D eigenvalue weighted by molar-refractivity contribution is 0.122. The highest BCUT2D eigenvalue weighted by atomic mass is 16.5. The maximum absolute atomic E-state index is 5.38. The molecule has 21 heavy (non-hydrogen) atoms. The van der Waals surface area contributed by atoms with Crippen LogP contribution in [0, 0.1) is 5.41 Å². The van der Waals surface area contributed by atoms with E-state index in [-0.39, 0.29) is 0 Å². The molecule has 0 unspecified atom stereocenters. The molecule has 2 heterocycles. The van der Waals surface area contributed by atoms with Gasteiger partial charge in [0.05, 0.1) is 13.2 Å². The fourth-order valence-electron chi connectivity index (χ4n) is 2.71. The molecule has 1 saturated carbocycles. The zero-order valence-corrected chi connectivity index (χ0v) is 12.9. The van der Waals surface area contributed by atoms with Gasteiger partial charge in [-0.2, -0.15) is 15.0 Å². The highest BCUT2D eigenvalue weighted by molar-refractivity contribution is 5.43. The molecule has 2 N–H and O–H groups in total. The number of morpholine rings is 1. The van der Waals surface area contributed by atoms with Gasteiger partial charge in [-0.1, -0.05) is 13.3 Å². The van der Waals surface area contributed by atoms with E-state index in [4.69, 9.17) is 4.74 Å². The summed E-state index contributed by atoms with van der Waals surface area (Å²) in [5.74, 6) is 1.98. The van der Waals surface area contributed by atoms with Crippen LogP contribution in [-0.2, 0) is 4.74 Å². The Morgan fingerprint density at radius 2 is 1.86 bits per heavy atom. The molecule has 1 aliphatic carbocycles. The molecule has 0 radical (unpaired) electrons. The Morgan fingerprint density at radius 3 is 2.48 bits per heavy atom. The van der Waals surface area contributed by atoms with Gasteiger partial charge in [-0.15, -0.1) is 0 Å². The summed E-state index contributed by atoms with van der Waals surface area (Å²) in [6.45, 7) is 6.33. The number of nitrogens with one attached hydrogen (secondary N) is 2. The molecule has 116 valence electrons. The maximum atomic E-state index is 5.38. The first-order valence-electron chi connectivity index (χ1n) is 7.69. The van der Waals surface area contributed by atoms with Gasteiger partial charge in [0.15, 0.2) is 0 Å². The van der Waals surface area contributed by atoms with Crippen molar-refractivity contribution in [3.05, 3.63) is 0 Å². The second-order valence-corrected chi connectivity index (χ2v) is 6.15. The predicted octanol–water partition coefficient (Wildman–Crippen LogP) is 1.35. The molecule has 0 bridgehead atoms. The van der Waals surface area contributed by atoms with Crippen molar-refractivity contribution >= 4 is 17.8 Å². The molecule has 0 spiro atoms. The summed E-state index contributed by atoms with van der Waals surface area (Å²) in [6.07, 6.45) is 3.89. The van der Waals surface area contributed by atoms with Crippen LogP contribution < -0.4 is 15.5 Å². The van der Waals surface area contributed by atoms with E-state index in [1.165, 1.54) is 19.3 Å². The van der Waals surface area contributed by atoms with Crippen LogP contribution in [0.1, 0.15) is 26.2 Å². The second-order valence-electron chi connectivity index (χ2n) is 6.15. The Labute approximate surface area is 125 Å². The molecule has 1 saturated heterocycles. The number of rotatable bonds is 5. The first-order valence-corrected chi connectivity index (χ1v) is 7.69. The minimum Gasteiger partial charge on any atom is -0.378 e. The Balaban J connectivity index is 1.72. The van der Waals surface area contributed by atoms with E-state index in [2.05, 4.69) is 37.4 Å². The van der Waals surface area contributed by atoms with E-state index in [9.17, 15) is 0 Å². The lowest BCUT2D eigenvalue weighted by atomic mass is 9.70. The molecule has 0 atom stereocenters. The molecular formula is C14H24N6O. The Kier molecular flexibility index (Phi) is 4.10. The van der Waals surface area contributed by atoms with Crippen LogP contribution in [0.25, 0.3) is 0 Å². The topological polar surface area (TPSA) is 75.2 Å². The minimum absolute atomic E-state index is 0.394. The minimum atomic E-state index is 0.394. The van der Waals surface area contributed by atoms with Gasteiger partial charge in [-0.25, -0.2) is 0 Å². The van der Waals surface area contributed by atoms with E-state index in [1.54, 1.807) is 0 Å². The van der Waals surface area contributed by atoms with E-state index >= 15 is 0 Å². The molecule has 7 nitrogen and oxygen atoms in total. The van der Waals surface area contributed by atoms with Crippen LogP contribution in [0.4, 0.5) is 17.8 Å². The molecule has 3 rings (SSSR count). The van der Waals surface area contributed by atoms with E-state index < -0.39 is 0 Å². The van der Waals surface area contributed by atoms with Gasteiger partial charge in [0.25, 0.3) is 0 Å². The molecule has 1 aliphatic heterocycles. The summed E-state index contributed by atoms with van der Waals surface area (Å²) in [5, 5.41) is 6.39. The smallest absolute Gasteiger partial charge is 0.232 e. The lowest BCUT2D eigenvalue weighted by Gasteiger charge is -2.38. The fraction of sp³-hybridized carbons (Fsp3) is 0.786. The van der Waals surface area contributed by atoms with Crippen molar-refractivity contribution in [3.8, 4) is 0 Å². The number of hydrogen-bond acceptors (Lipinski definition) is 7. The van der Waals surface area contributed by atoms with E-state index in [0.717, 1.165) is 38.8 Å². The predicted molar refractivity (Wildman–Crippen MR) is 82.9 cm³/mol. The molecule has 2 aliphatic rings. The maximum Gasteiger partial charge on any atom is 0.232 e. The summed E-state index contributed by atoms with van der Waals surface area (Å²) in [6, 6.07) is 0. The molecule has 0 aromatic carbocycles. The highest BCUT2D eigenvalue weighted by Crippen LogP contribution is 2.40. The third-order valence-electron chi connectivity index (χ3n) is 4.38. The van der Waals surface area contributed by atoms with Crippen LogP contribution in [-0.4, -0.2) is 54.8 Å². The first kappa shape index (κ1) is 14.3. The summed E-state index contributed by atoms with van der Waals surface area (Å²) in [5.41, 5.74) is 0.394. The number of ether oxygens (including phenoxy) is 1. The average Bonchev–Trinajstić information content (AvgIpc) is 2.51. The van der Waals surface area contributed by atoms with Crippen molar-refractivity contribution in [1.29, 1.82) is 0 Å². The van der Waals surface area contributed by atoms with Gasteiger partial charge in [-0.05, 0) is 18.3 Å². The fourth-order valence-corrected chi connectivity index (χ4v) is 2.71. The van der Waals surface area contributed by atoms with Crippen molar-refractivity contribution in [2.24, 2.45) is 5.41 Å². The van der Waals surface area contributed by atoms with Crippen molar-refractivity contribution in [2.75, 3.05) is 55.4 Å². The number of aromatic nitrogens is 3. The number of nitrogens with zero attached hydrogens (tertiary/aromatic N) is 4. The average molecular weight is 292 g/mol. The summed E-state index contributed by atoms with van der Waals surface area (Å²) >= 11 is 0. The summed E-state index contributed by atoms with van der Waals surface area (Å²) in [7, 11) is 1.83. The van der Waals surface area contributed by atoms with Crippen LogP contribution in [0.2, 0.25) is 0 Å². The largest absolute Gasteiger partial charge is 0.378 e. The highest BCUT2D eigenvalue weighted by Gasteiger charge is 2.31. The van der Waals surface area contributed by atoms with Gasteiger partial charge < -0.3 is 20.3 Å². The van der Waals surface area contributed by atoms with Crippen LogP contribution >= 0.6 is 0 Å². The second kappa shape index (κ2) is 6.01. The lowest BCUT2D eigenvalue weighted by Crippen LogP contribution is -2.38. The van der Waals surface area contributed by atoms with Gasteiger partial charge in [0, 0.05) is 26.7 Å². The number of hydrogen-bond donors (Lipinski definition) is 2. The SMILES string of the molecule is CNc1nc(NCC2(C)CCC2)nc(N2CCOCC2)n1. The number of anilines is 3. The summed E-state index contributed by atoms with van der Waals surface area (Å²) in [4.78, 5) is 15.6. The first-order chi connectivity index (χ1) is 10.2. The molecule has 0 amide bonds. The van der Waals surface area contributed by atoms with Crippen molar-refractivity contribution in [3.63, 3.8) is 0 Å². The Hall–Kier alpha value is -1.63. The molecule has 7 heteroatoms. The molecule has 1 aromatic rings. The third-order valence-corrected chi connectivity index (χ3v) is 4.38. The van der Waals surface area contributed by atoms with Gasteiger partial charge >= 0.3 is 0 Å². The monoisotopic (exact) mass is 292 g/mol. The molecule has 2 fully saturated rings. The van der Waals surface area contributed by atoms with Gasteiger partial charge in [-0.3, -0.25) is 0 Å². The van der Waals surface area contributed by atoms with Crippen LogP contribution in [0.15, 0.2) is 0 Å². The zero-order chi connectivity index (χ0) is 14.7. The van der Waals surface area contributed by atoms with Crippen LogP contribution in [0.3, 0.4) is 0 Å².